The highest BCUT2D eigenvalue weighted by molar-refractivity contribution is 7.89. The van der Waals surface area contributed by atoms with Crippen LogP contribution in [0.2, 0.25) is 10.0 Å². The Labute approximate surface area is 194 Å². The molecule has 0 aromatic heterocycles. The molecule has 31 heavy (non-hydrogen) atoms. The molecular weight excluding hydrogens is 459 g/mol. The number of aryl methyl sites for hydroxylation is 3. The highest BCUT2D eigenvalue weighted by atomic mass is 35.5. The van der Waals surface area contributed by atoms with Gasteiger partial charge in [0.2, 0.25) is 15.9 Å². The number of sulfonamides is 1. The standard InChI is InChI=1S/C22H28Cl2N2O4S/c1-14-8-15(2)22(16(3)9-14)31(28,29)26(12-21(27)25-17(4)13-30-5)11-18-6-7-19(23)20(24)10-18/h6-10,17H,11-13H2,1-5H3,(H,25,27)/t17-/m0/s1. The Balaban J connectivity index is 2.45. The zero-order valence-corrected chi connectivity index (χ0v) is 20.7. The third-order valence-corrected chi connectivity index (χ3v) is 7.53. The Bertz CT molecular complexity index is 1030. The maximum Gasteiger partial charge on any atom is 0.244 e. The smallest absolute Gasteiger partial charge is 0.244 e. The molecule has 9 heteroatoms. The van der Waals surface area contributed by atoms with E-state index < -0.39 is 15.9 Å². The van der Waals surface area contributed by atoms with Gasteiger partial charge in [0.15, 0.2) is 0 Å². The van der Waals surface area contributed by atoms with Gasteiger partial charge in [0.05, 0.1) is 28.1 Å². The molecule has 1 amide bonds. The average Bonchev–Trinajstić information content (AvgIpc) is 2.63. The van der Waals surface area contributed by atoms with Crippen molar-refractivity contribution in [3.63, 3.8) is 0 Å². The SMILES string of the molecule is COC[C@H](C)NC(=O)CN(Cc1ccc(Cl)c(Cl)c1)S(=O)(=O)c1c(C)cc(C)cc1C. The normalized spacial score (nSPS) is 12.8. The van der Waals surface area contributed by atoms with Crippen molar-refractivity contribution in [1.82, 2.24) is 9.62 Å². The Morgan fingerprint density at radius 2 is 1.71 bits per heavy atom. The summed E-state index contributed by atoms with van der Waals surface area (Å²) < 4.78 is 33.5. The van der Waals surface area contributed by atoms with Crippen LogP contribution in [0.1, 0.15) is 29.2 Å². The van der Waals surface area contributed by atoms with Crippen LogP contribution < -0.4 is 5.32 Å². The zero-order valence-electron chi connectivity index (χ0n) is 18.3. The molecule has 0 aliphatic carbocycles. The summed E-state index contributed by atoms with van der Waals surface area (Å²) in [6.07, 6.45) is 0. The van der Waals surface area contributed by atoms with Gasteiger partial charge in [-0.05, 0) is 56.5 Å². The first kappa shape index (κ1) is 25.6. The Morgan fingerprint density at radius 1 is 1.10 bits per heavy atom. The summed E-state index contributed by atoms with van der Waals surface area (Å²) in [4.78, 5) is 12.8. The molecule has 0 fully saturated rings. The largest absolute Gasteiger partial charge is 0.383 e. The number of nitrogens with zero attached hydrogens (tertiary/aromatic N) is 1. The summed E-state index contributed by atoms with van der Waals surface area (Å²) in [5, 5.41) is 3.45. The van der Waals surface area contributed by atoms with E-state index in [1.807, 2.05) is 19.1 Å². The quantitative estimate of drug-likeness (QED) is 0.574. The second-order valence-corrected chi connectivity index (χ2v) is 10.4. The van der Waals surface area contributed by atoms with Crippen LogP contribution in [0.5, 0.6) is 0 Å². The van der Waals surface area contributed by atoms with Gasteiger partial charge in [0, 0.05) is 19.7 Å². The van der Waals surface area contributed by atoms with Crippen molar-refractivity contribution in [2.75, 3.05) is 20.3 Å². The average molecular weight is 487 g/mol. The van der Waals surface area contributed by atoms with Crippen LogP contribution in [0.4, 0.5) is 0 Å². The number of amides is 1. The monoisotopic (exact) mass is 486 g/mol. The van der Waals surface area contributed by atoms with Gasteiger partial charge >= 0.3 is 0 Å². The minimum Gasteiger partial charge on any atom is -0.383 e. The zero-order chi connectivity index (χ0) is 23.3. The molecule has 0 unspecified atom stereocenters. The fourth-order valence-electron chi connectivity index (χ4n) is 3.54. The third-order valence-electron chi connectivity index (χ3n) is 4.69. The lowest BCUT2D eigenvalue weighted by Crippen LogP contribution is -2.44. The maximum atomic E-state index is 13.7. The molecule has 0 spiro atoms. The van der Waals surface area contributed by atoms with Gasteiger partial charge in [-0.1, -0.05) is 47.0 Å². The van der Waals surface area contributed by atoms with E-state index in [4.69, 9.17) is 27.9 Å². The van der Waals surface area contributed by atoms with Crippen molar-refractivity contribution >= 4 is 39.1 Å². The van der Waals surface area contributed by atoms with Gasteiger partial charge in [-0.3, -0.25) is 4.79 Å². The van der Waals surface area contributed by atoms with E-state index in [1.165, 1.54) is 7.11 Å². The van der Waals surface area contributed by atoms with Crippen LogP contribution in [0, 0.1) is 20.8 Å². The number of hydrogen-bond acceptors (Lipinski definition) is 4. The van der Waals surface area contributed by atoms with Crippen LogP contribution in [-0.2, 0) is 26.1 Å². The molecular formula is C22H28Cl2N2O4S. The summed E-state index contributed by atoms with van der Waals surface area (Å²) in [7, 11) is -2.44. The first-order valence-corrected chi connectivity index (χ1v) is 12.0. The number of carbonyl (C=O) groups is 1. The van der Waals surface area contributed by atoms with Crippen molar-refractivity contribution in [2.24, 2.45) is 0 Å². The van der Waals surface area contributed by atoms with E-state index in [2.05, 4.69) is 5.32 Å². The molecule has 0 bridgehead atoms. The number of ether oxygens (including phenoxy) is 1. The van der Waals surface area contributed by atoms with Crippen LogP contribution in [-0.4, -0.2) is 44.9 Å². The Hall–Kier alpha value is -1.64. The van der Waals surface area contributed by atoms with Crippen LogP contribution in [0.25, 0.3) is 0 Å². The maximum absolute atomic E-state index is 13.7. The van der Waals surface area contributed by atoms with Crippen molar-refractivity contribution < 1.29 is 17.9 Å². The lowest BCUT2D eigenvalue weighted by molar-refractivity contribution is -0.122. The van der Waals surface area contributed by atoms with Gasteiger partial charge in [-0.25, -0.2) is 8.42 Å². The van der Waals surface area contributed by atoms with E-state index in [-0.39, 0.29) is 24.0 Å². The molecule has 0 aliphatic heterocycles. The predicted octanol–water partition coefficient (Wildman–Crippen LogP) is 4.26. The Morgan fingerprint density at radius 3 is 2.26 bits per heavy atom. The van der Waals surface area contributed by atoms with E-state index in [1.54, 1.807) is 39.0 Å². The van der Waals surface area contributed by atoms with Gasteiger partial charge in [0.25, 0.3) is 0 Å². The minimum absolute atomic E-state index is 0.0297. The van der Waals surface area contributed by atoms with Gasteiger partial charge in [0.1, 0.15) is 0 Å². The first-order chi connectivity index (χ1) is 14.4. The number of hydrogen-bond donors (Lipinski definition) is 1. The van der Waals surface area contributed by atoms with Gasteiger partial charge < -0.3 is 10.1 Å². The van der Waals surface area contributed by atoms with E-state index in [0.717, 1.165) is 9.87 Å². The fourth-order valence-corrected chi connectivity index (χ4v) is 5.66. The van der Waals surface area contributed by atoms with E-state index >= 15 is 0 Å². The number of halogens is 2. The topological polar surface area (TPSA) is 75.7 Å². The molecule has 170 valence electrons. The lowest BCUT2D eigenvalue weighted by atomic mass is 10.1. The summed E-state index contributed by atoms with van der Waals surface area (Å²) in [6.45, 7) is 7.15. The molecule has 0 heterocycles. The number of carbonyl (C=O) groups excluding carboxylic acids is 1. The molecule has 1 N–H and O–H groups in total. The lowest BCUT2D eigenvalue weighted by Gasteiger charge is -2.25. The number of benzene rings is 2. The summed E-state index contributed by atoms with van der Waals surface area (Å²) in [5.41, 5.74) is 2.85. The first-order valence-electron chi connectivity index (χ1n) is 9.76. The van der Waals surface area contributed by atoms with Gasteiger partial charge in [-0.2, -0.15) is 4.31 Å². The molecule has 0 saturated carbocycles. The molecule has 2 rings (SSSR count). The van der Waals surface area contributed by atoms with Crippen molar-refractivity contribution in [3.05, 3.63) is 62.6 Å². The third kappa shape index (κ3) is 6.67. The molecule has 0 saturated heterocycles. The molecule has 1 atom stereocenters. The summed E-state index contributed by atoms with van der Waals surface area (Å²) in [5.74, 6) is -0.421. The molecule has 2 aromatic rings. The van der Waals surface area contributed by atoms with Crippen molar-refractivity contribution in [1.29, 1.82) is 0 Å². The second kappa shape index (κ2) is 10.8. The minimum atomic E-state index is -3.98. The highest BCUT2D eigenvalue weighted by Crippen LogP contribution is 2.28. The Kier molecular flexibility index (Phi) is 8.92. The number of methoxy groups -OCH3 is 1. The summed E-state index contributed by atoms with van der Waals surface area (Å²) >= 11 is 12.1. The number of nitrogens with one attached hydrogen (secondary N) is 1. The van der Waals surface area contributed by atoms with E-state index in [9.17, 15) is 13.2 Å². The van der Waals surface area contributed by atoms with Crippen LogP contribution in [0.15, 0.2) is 35.2 Å². The van der Waals surface area contributed by atoms with Gasteiger partial charge in [-0.15, -0.1) is 0 Å². The number of rotatable bonds is 9. The molecule has 0 radical (unpaired) electrons. The van der Waals surface area contributed by atoms with Crippen molar-refractivity contribution in [3.8, 4) is 0 Å². The molecule has 6 nitrogen and oxygen atoms in total. The van der Waals surface area contributed by atoms with E-state index in [0.29, 0.717) is 33.3 Å². The molecule has 0 aliphatic rings. The van der Waals surface area contributed by atoms with Crippen LogP contribution in [0.3, 0.4) is 0 Å². The highest BCUT2D eigenvalue weighted by Gasteiger charge is 2.30. The predicted molar refractivity (Wildman–Crippen MR) is 124 cm³/mol. The summed E-state index contributed by atoms with van der Waals surface area (Å²) in [6, 6.07) is 8.28. The second-order valence-electron chi connectivity index (χ2n) is 7.67. The van der Waals surface area contributed by atoms with Crippen molar-refractivity contribution in [2.45, 2.75) is 45.2 Å². The molecule has 2 aromatic carbocycles. The fraction of sp³-hybridized carbons (Fsp3) is 0.409. The van der Waals surface area contributed by atoms with Crippen LogP contribution >= 0.6 is 23.2 Å².